The van der Waals surface area contributed by atoms with Crippen molar-refractivity contribution in [3.8, 4) is 0 Å². The van der Waals surface area contributed by atoms with Gasteiger partial charge in [0, 0.05) is 6.42 Å². The van der Waals surface area contributed by atoms with Gasteiger partial charge in [-0.1, -0.05) is 246 Å². The van der Waals surface area contributed by atoms with Gasteiger partial charge in [0.15, 0.2) is 12.6 Å². The number of rotatable bonds is 51. The monoisotopic (exact) mass is 1160 g/mol. The minimum absolute atomic E-state index is 0.253. The molecule has 0 aromatic rings. The van der Waals surface area contributed by atoms with Crippen molar-refractivity contribution in [2.75, 3.05) is 19.8 Å². The predicted octanol–water partition coefficient (Wildman–Crippen LogP) is 12.2. The third kappa shape index (κ3) is 36.7. The Hall–Kier alpha value is -3.09. The smallest absolute Gasteiger partial charge is 0.220 e. The highest BCUT2D eigenvalue weighted by Gasteiger charge is 2.51. The highest BCUT2D eigenvalue weighted by molar-refractivity contribution is 5.76. The van der Waals surface area contributed by atoms with Crippen molar-refractivity contribution in [3.05, 3.63) is 97.2 Å². The summed E-state index contributed by atoms with van der Waals surface area (Å²) < 4.78 is 22.8. The third-order valence-electron chi connectivity index (χ3n) is 15.3. The summed E-state index contributed by atoms with van der Waals surface area (Å²) in [5.74, 6) is -0.261. The zero-order valence-electron chi connectivity index (χ0n) is 50.9. The molecule has 0 bridgehead atoms. The van der Waals surface area contributed by atoms with Crippen LogP contribution in [0.5, 0.6) is 0 Å². The van der Waals surface area contributed by atoms with Crippen molar-refractivity contribution in [2.45, 2.75) is 306 Å². The quantitative estimate of drug-likeness (QED) is 0.0204. The number of aliphatic hydroxyl groups excluding tert-OH is 8. The van der Waals surface area contributed by atoms with Crippen LogP contribution >= 0.6 is 0 Å². The molecule has 14 nitrogen and oxygen atoms in total. The van der Waals surface area contributed by atoms with Crippen LogP contribution in [0.1, 0.15) is 232 Å². The minimum Gasteiger partial charge on any atom is -0.394 e. The molecule has 0 spiro atoms. The second-order valence-corrected chi connectivity index (χ2v) is 22.5. The summed E-state index contributed by atoms with van der Waals surface area (Å²) in [5, 5.41) is 87.3. The van der Waals surface area contributed by atoms with Crippen LogP contribution in [0.2, 0.25) is 0 Å². The van der Waals surface area contributed by atoms with Crippen LogP contribution in [-0.2, 0) is 23.7 Å². The van der Waals surface area contributed by atoms with E-state index in [1.54, 1.807) is 6.08 Å². The topological polar surface area (TPSA) is 228 Å². The second kappa shape index (κ2) is 52.3. The molecule has 2 fully saturated rings. The van der Waals surface area contributed by atoms with E-state index >= 15 is 0 Å². The van der Waals surface area contributed by atoms with Crippen molar-refractivity contribution in [1.29, 1.82) is 0 Å². The lowest BCUT2D eigenvalue weighted by Crippen LogP contribution is -2.65. The molecular weight excluding hydrogens is 1040 g/mol. The highest BCUT2D eigenvalue weighted by atomic mass is 16.7. The van der Waals surface area contributed by atoms with E-state index in [9.17, 15) is 45.6 Å². The fourth-order valence-corrected chi connectivity index (χ4v) is 10.1. The molecule has 12 unspecified atom stereocenters. The lowest BCUT2D eigenvalue weighted by atomic mass is 9.97. The van der Waals surface area contributed by atoms with Crippen LogP contribution < -0.4 is 5.32 Å². The van der Waals surface area contributed by atoms with E-state index in [0.29, 0.717) is 6.42 Å². The van der Waals surface area contributed by atoms with E-state index in [0.717, 1.165) is 96.3 Å². The summed E-state index contributed by atoms with van der Waals surface area (Å²) >= 11 is 0. The minimum atomic E-state index is -1.80. The van der Waals surface area contributed by atoms with E-state index in [1.807, 2.05) is 6.08 Å². The second-order valence-electron chi connectivity index (χ2n) is 22.5. The van der Waals surface area contributed by atoms with Crippen LogP contribution in [0.3, 0.4) is 0 Å². The lowest BCUT2D eigenvalue weighted by Gasteiger charge is -2.46. The van der Waals surface area contributed by atoms with Crippen molar-refractivity contribution in [1.82, 2.24) is 5.32 Å². The van der Waals surface area contributed by atoms with Crippen LogP contribution in [-0.4, -0.2) is 140 Å². The fourth-order valence-electron chi connectivity index (χ4n) is 10.1. The summed E-state index contributed by atoms with van der Waals surface area (Å²) in [6, 6.07) is -0.933. The maximum atomic E-state index is 13.3. The molecule has 2 rings (SSSR count). The van der Waals surface area contributed by atoms with Gasteiger partial charge in [-0.3, -0.25) is 4.79 Å². The first-order valence-corrected chi connectivity index (χ1v) is 32.5. The Morgan fingerprint density at radius 2 is 0.841 bits per heavy atom. The van der Waals surface area contributed by atoms with E-state index in [1.165, 1.54) is 109 Å². The number of carbonyl (C=O) groups is 1. The molecule has 0 saturated carbocycles. The molecule has 0 aromatic heterocycles. The molecule has 12 atom stereocenters. The Balaban J connectivity index is 1.75. The molecule has 0 aliphatic carbocycles. The van der Waals surface area contributed by atoms with Crippen LogP contribution in [0.15, 0.2) is 97.2 Å². The number of unbranched alkanes of at least 4 members (excludes halogenated alkanes) is 24. The summed E-state index contributed by atoms with van der Waals surface area (Å²) in [6.07, 6.45) is 55.8. The number of carbonyl (C=O) groups excluding carboxylic acids is 1. The van der Waals surface area contributed by atoms with Gasteiger partial charge in [-0.05, 0) is 77.0 Å². The van der Waals surface area contributed by atoms with Crippen molar-refractivity contribution in [3.63, 3.8) is 0 Å². The van der Waals surface area contributed by atoms with Crippen LogP contribution in [0.4, 0.5) is 0 Å². The Kier molecular flexibility index (Phi) is 47.8. The van der Waals surface area contributed by atoms with E-state index in [2.05, 4.69) is 104 Å². The number of aliphatic hydroxyl groups is 8. The average Bonchev–Trinajstić information content (AvgIpc) is 3.67. The molecule has 1 amide bonds. The SMILES string of the molecule is CC/C=C\C/C=C\C/C=C\C/C=C\C/C=C\C/C=C\C/C=C\CCCCCCCC(=O)NC(COC1OC(CO)C(OC2OC(CO)C(O)C(O)C2O)C(O)C1O)C(O)/C=C/CCCCCCCCCCCCCCCCCCCCC. The average molecular weight is 1160 g/mol. The Morgan fingerprint density at radius 1 is 0.451 bits per heavy atom. The molecule has 0 aromatic carbocycles. The van der Waals surface area contributed by atoms with Gasteiger partial charge in [-0.15, -0.1) is 0 Å². The molecule has 2 aliphatic heterocycles. The van der Waals surface area contributed by atoms with Gasteiger partial charge in [-0.25, -0.2) is 0 Å². The Morgan fingerprint density at radius 3 is 1.29 bits per heavy atom. The number of nitrogens with one attached hydrogen (secondary N) is 1. The summed E-state index contributed by atoms with van der Waals surface area (Å²) in [5.41, 5.74) is 0. The summed E-state index contributed by atoms with van der Waals surface area (Å²) in [4.78, 5) is 13.3. The van der Waals surface area contributed by atoms with Crippen molar-refractivity contribution >= 4 is 5.91 Å². The van der Waals surface area contributed by atoms with Gasteiger partial charge in [0.2, 0.25) is 5.91 Å². The molecular formula is C68H117NO13. The Labute approximate surface area is 496 Å². The van der Waals surface area contributed by atoms with Gasteiger partial charge in [0.25, 0.3) is 0 Å². The molecule has 82 heavy (non-hydrogen) atoms. The van der Waals surface area contributed by atoms with E-state index in [4.69, 9.17) is 18.9 Å². The number of allylic oxidation sites excluding steroid dienone is 15. The first-order chi connectivity index (χ1) is 40.1. The van der Waals surface area contributed by atoms with Gasteiger partial charge in [-0.2, -0.15) is 0 Å². The standard InChI is InChI=1S/C68H117NO13/c1-3-5-7-9-11-13-15-17-19-21-23-25-26-27-28-29-30-32-34-36-38-40-42-44-46-48-50-52-60(73)69-56(57(72)51-49-47-45-43-41-39-37-35-33-31-24-22-20-18-16-14-12-10-8-6-4-2)55-79-67-65(78)63(76)66(59(54-71)81-67)82-68-64(77)62(75)61(74)58(53-70)80-68/h5,7,11,13,17,19,23,25,27-28,30,32,36,38,49,51,56-59,61-68,70-72,74-78H,3-4,6,8-10,12,14-16,18,20-22,24,26,29,31,33-35,37,39-48,50,52-55H2,1-2H3,(H,69,73)/b7-5-,13-11-,19-17-,25-23-,28-27-,32-30-,38-36-,51-49+. The molecule has 2 saturated heterocycles. The molecule has 472 valence electrons. The number of hydrogen-bond donors (Lipinski definition) is 9. The lowest BCUT2D eigenvalue weighted by molar-refractivity contribution is -0.359. The first-order valence-electron chi connectivity index (χ1n) is 32.5. The van der Waals surface area contributed by atoms with Crippen LogP contribution in [0, 0.1) is 0 Å². The van der Waals surface area contributed by atoms with Crippen molar-refractivity contribution < 1.29 is 64.6 Å². The fraction of sp³-hybridized carbons (Fsp3) is 0.750. The zero-order chi connectivity index (χ0) is 59.5. The normalized spacial score (nSPS) is 24.6. The highest BCUT2D eigenvalue weighted by Crippen LogP contribution is 2.30. The van der Waals surface area contributed by atoms with Gasteiger partial charge in [0.05, 0.1) is 32.0 Å². The zero-order valence-corrected chi connectivity index (χ0v) is 50.9. The van der Waals surface area contributed by atoms with Gasteiger partial charge < -0.3 is 65.1 Å². The number of ether oxygens (including phenoxy) is 4. The molecule has 0 radical (unpaired) electrons. The molecule has 9 N–H and O–H groups in total. The van der Waals surface area contributed by atoms with Crippen molar-refractivity contribution in [2.24, 2.45) is 0 Å². The number of amides is 1. The van der Waals surface area contributed by atoms with Gasteiger partial charge in [0.1, 0.15) is 48.8 Å². The molecule has 2 aliphatic rings. The largest absolute Gasteiger partial charge is 0.394 e. The predicted molar refractivity (Wildman–Crippen MR) is 332 cm³/mol. The summed E-state index contributed by atoms with van der Waals surface area (Å²) in [7, 11) is 0. The van der Waals surface area contributed by atoms with E-state index < -0.39 is 86.8 Å². The molecule has 14 heteroatoms. The number of hydrogen-bond acceptors (Lipinski definition) is 13. The maximum absolute atomic E-state index is 13.3. The van der Waals surface area contributed by atoms with Crippen LogP contribution in [0.25, 0.3) is 0 Å². The third-order valence-corrected chi connectivity index (χ3v) is 15.3. The molecule has 2 heterocycles. The summed E-state index contributed by atoms with van der Waals surface area (Å²) in [6.45, 7) is 2.68. The Bertz CT molecular complexity index is 1740. The first kappa shape index (κ1) is 75.0. The van der Waals surface area contributed by atoms with E-state index in [-0.39, 0.29) is 18.9 Å². The maximum Gasteiger partial charge on any atom is 0.220 e. The van der Waals surface area contributed by atoms with Gasteiger partial charge >= 0.3 is 0 Å².